The zero-order chi connectivity index (χ0) is 8.78. The fraction of sp³-hybridized carbons (Fsp3) is 0.800. The molecule has 0 aromatic rings. The molecule has 0 radical (unpaired) electrons. The zero-order valence-electron chi connectivity index (χ0n) is 6.07. The second-order valence-electron chi connectivity index (χ2n) is 1.85. The van der Waals surface area contributed by atoms with E-state index >= 15 is 0 Å². The van der Waals surface area contributed by atoms with Gasteiger partial charge in [-0.25, -0.2) is 0 Å². The van der Waals surface area contributed by atoms with Gasteiger partial charge in [0.25, 0.3) is 0 Å². The Bertz CT molecular complexity index is 83.4. The Morgan fingerprint density at radius 3 is 1.40 bits per heavy atom. The number of rotatable bonds is 1. The molecule has 0 N–H and O–H groups in total. The highest BCUT2D eigenvalue weighted by Crippen LogP contribution is 2.23. The SMILES string of the molecule is CC(Cl)(Cl)Cl.CN(C)C=O. The van der Waals surface area contributed by atoms with Gasteiger partial charge in [0.1, 0.15) is 0 Å². The van der Waals surface area contributed by atoms with Gasteiger partial charge in [-0.1, -0.05) is 34.8 Å². The molecule has 5 heteroatoms. The second-order valence-corrected chi connectivity index (χ2v) is 4.70. The van der Waals surface area contributed by atoms with E-state index in [1.807, 2.05) is 0 Å². The molecule has 0 aromatic heterocycles. The van der Waals surface area contributed by atoms with Crippen molar-refractivity contribution in [2.75, 3.05) is 14.1 Å². The van der Waals surface area contributed by atoms with Crippen LogP contribution in [0.2, 0.25) is 0 Å². The molecular weight excluding hydrogens is 196 g/mol. The summed E-state index contributed by atoms with van der Waals surface area (Å²) < 4.78 is -1.08. The first-order valence-electron chi connectivity index (χ1n) is 2.46. The summed E-state index contributed by atoms with van der Waals surface area (Å²) in [6, 6.07) is 0. The molecule has 0 aromatic carbocycles. The Labute approximate surface area is 76.0 Å². The van der Waals surface area contributed by atoms with Crippen molar-refractivity contribution in [1.82, 2.24) is 4.90 Å². The molecule has 62 valence electrons. The summed E-state index contributed by atoms with van der Waals surface area (Å²) in [5.41, 5.74) is 0. The van der Waals surface area contributed by atoms with Crippen molar-refractivity contribution < 1.29 is 4.79 Å². The summed E-state index contributed by atoms with van der Waals surface area (Å²) in [6.45, 7) is 1.48. The summed E-state index contributed by atoms with van der Waals surface area (Å²) >= 11 is 15.2. The van der Waals surface area contributed by atoms with E-state index in [1.165, 1.54) is 11.8 Å². The average molecular weight is 206 g/mol. The third kappa shape index (κ3) is 82.1. The van der Waals surface area contributed by atoms with Gasteiger partial charge in [-0.2, -0.15) is 0 Å². The molecule has 0 saturated heterocycles. The van der Waals surface area contributed by atoms with Crippen molar-refractivity contribution in [1.29, 1.82) is 0 Å². The number of hydrogen-bond donors (Lipinski definition) is 0. The van der Waals surface area contributed by atoms with Gasteiger partial charge < -0.3 is 4.90 Å². The van der Waals surface area contributed by atoms with Crippen LogP contribution in [0.15, 0.2) is 0 Å². The number of alkyl halides is 3. The standard InChI is InChI=1S/C3H7NO.C2H3Cl3/c1-4(2)3-5;1-2(3,4)5/h3H,1-2H3;1H3. The van der Waals surface area contributed by atoms with Crippen LogP contribution in [0.4, 0.5) is 0 Å². The van der Waals surface area contributed by atoms with Gasteiger partial charge in [-0.15, -0.1) is 0 Å². The van der Waals surface area contributed by atoms with Gasteiger partial charge >= 0.3 is 0 Å². The minimum Gasteiger partial charge on any atom is -0.351 e. The highest BCUT2D eigenvalue weighted by molar-refractivity contribution is 6.67. The summed E-state index contributed by atoms with van der Waals surface area (Å²) in [5, 5.41) is 0. The normalized spacial score (nSPS) is 9.40. The molecule has 0 bridgehead atoms. The highest BCUT2D eigenvalue weighted by atomic mass is 35.6. The highest BCUT2D eigenvalue weighted by Gasteiger charge is 2.07. The van der Waals surface area contributed by atoms with Gasteiger partial charge in [0.2, 0.25) is 6.41 Å². The minimum absolute atomic E-state index is 0.750. The van der Waals surface area contributed by atoms with Crippen LogP contribution in [0, 0.1) is 0 Å². The fourth-order valence-electron chi connectivity index (χ4n) is 0. The molecule has 0 heterocycles. The second kappa shape index (κ2) is 6.08. The Hall–Kier alpha value is 0.340. The van der Waals surface area contributed by atoms with Crippen molar-refractivity contribution in [3.05, 3.63) is 0 Å². The van der Waals surface area contributed by atoms with Gasteiger partial charge in [-0.3, -0.25) is 4.79 Å². The average Bonchev–Trinajstić information content (AvgIpc) is 1.61. The van der Waals surface area contributed by atoms with Crippen LogP contribution in [0.3, 0.4) is 0 Å². The lowest BCUT2D eigenvalue weighted by Gasteiger charge is -1.94. The Morgan fingerprint density at radius 1 is 1.30 bits per heavy atom. The maximum absolute atomic E-state index is 9.43. The van der Waals surface area contributed by atoms with Crippen LogP contribution < -0.4 is 0 Å². The van der Waals surface area contributed by atoms with E-state index in [1.54, 1.807) is 14.1 Å². The predicted octanol–water partition coefficient (Wildman–Crippen LogP) is 2.08. The van der Waals surface area contributed by atoms with Crippen LogP contribution in [-0.4, -0.2) is 29.2 Å². The predicted molar refractivity (Wildman–Crippen MR) is 45.7 cm³/mol. The van der Waals surface area contributed by atoms with Gasteiger partial charge in [0.05, 0.1) is 0 Å². The Kier molecular flexibility index (Phi) is 7.88. The lowest BCUT2D eigenvalue weighted by Crippen LogP contribution is -2.06. The topological polar surface area (TPSA) is 20.3 Å². The van der Waals surface area contributed by atoms with E-state index in [0.29, 0.717) is 0 Å². The van der Waals surface area contributed by atoms with Crippen molar-refractivity contribution >= 4 is 41.2 Å². The molecule has 0 aliphatic carbocycles. The number of carbonyl (C=O) groups excluding carboxylic acids is 1. The first-order valence-corrected chi connectivity index (χ1v) is 3.59. The number of halogens is 3. The van der Waals surface area contributed by atoms with Crippen LogP contribution in [0.5, 0.6) is 0 Å². The third-order valence-corrected chi connectivity index (χ3v) is 0.211. The van der Waals surface area contributed by atoms with E-state index in [-0.39, 0.29) is 0 Å². The first kappa shape index (κ1) is 13.0. The van der Waals surface area contributed by atoms with Gasteiger partial charge in [0, 0.05) is 14.1 Å². The molecule has 0 atom stereocenters. The molecule has 0 aliphatic heterocycles. The van der Waals surface area contributed by atoms with Crippen molar-refractivity contribution in [3.63, 3.8) is 0 Å². The molecule has 0 fully saturated rings. The summed E-state index contributed by atoms with van der Waals surface area (Å²) in [4.78, 5) is 10.9. The maximum atomic E-state index is 9.43. The monoisotopic (exact) mass is 205 g/mol. The Balaban J connectivity index is 0. The largest absolute Gasteiger partial charge is 0.351 e. The summed E-state index contributed by atoms with van der Waals surface area (Å²) in [7, 11) is 3.38. The number of amides is 1. The molecule has 2 nitrogen and oxygen atoms in total. The maximum Gasteiger partial charge on any atom is 0.209 e. The van der Waals surface area contributed by atoms with Crippen molar-refractivity contribution in [2.45, 2.75) is 10.7 Å². The van der Waals surface area contributed by atoms with Crippen LogP contribution >= 0.6 is 34.8 Å². The fourth-order valence-corrected chi connectivity index (χ4v) is 0. The lowest BCUT2D eigenvalue weighted by atomic mass is 10.9. The smallest absolute Gasteiger partial charge is 0.209 e. The summed E-state index contributed by atoms with van der Waals surface area (Å²) in [5.74, 6) is 0. The Morgan fingerprint density at radius 2 is 1.40 bits per heavy atom. The van der Waals surface area contributed by atoms with E-state index in [2.05, 4.69) is 0 Å². The molecule has 0 spiro atoms. The van der Waals surface area contributed by atoms with Crippen molar-refractivity contribution in [2.24, 2.45) is 0 Å². The number of hydrogen-bond acceptors (Lipinski definition) is 1. The molecule has 0 saturated carbocycles. The molecular formula is C5H10Cl3NO. The summed E-state index contributed by atoms with van der Waals surface area (Å²) in [6.07, 6.45) is 0.750. The molecule has 10 heavy (non-hydrogen) atoms. The van der Waals surface area contributed by atoms with Crippen LogP contribution in [0.25, 0.3) is 0 Å². The van der Waals surface area contributed by atoms with Gasteiger partial charge in [0.15, 0.2) is 3.79 Å². The molecule has 0 rings (SSSR count). The van der Waals surface area contributed by atoms with Crippen LogP contribution in [-0.2, 0) is 4.79 Å². The van der Waals surface area contributed by atoms with Crippen LogP contribution in [0.1, 0.15) is 6.92 Å². The lowest BCUT2D eigenvalue weighted by molar-refractivity contribution is -0.115. The van der Waals surface area contributed by atoms with Gasteiger partial charge in [-0.05, 0) is 6.92 Å². The van der Waals surface area contributed by atoms with Crippen molar-refractivity contribution in [3.8, 4) is 0 Å². The third-order valence-electron chi connectivity index (χ3n) is 0.211. The van der Waals surface area contributed by atoms with E-state index in [4.69, 9.17) is 34.8 Å². The first-order chi connectivity index (χ1) is 4.27. The molecule has 0 aliphatic rings. The van der Waals surface area contributed by atoms with E-state index in [0.717, 1.165) is 6.41 Å². The number of carbonyl (C=O) groups is 1. The quantitative estimate of drug-likeness (QED) is 0.475. The van der Waals surface area contributed by atoms with E-state index in [9.17, 15) is 4.79 Å². The van der Waals surface area contributed by atoms with E-state index < -0.39 is 3.79 Å². The molecule has 0 unspecified atom stereocenters. The minimum atomic E-state index is -1.08. The molecule has 1 amide bonds. The number of nitrogens with zero attached hydrogens (tertiary/aromatic N) is 1. The zero-order valence-corrected chi connectivity index (χ0v) is 8.33.